The first-order valence-corrected chi connectivity index (χ1v) is 9.68. The summed E-state index contributed by atoms with van der Waals surface area (Å²) in [5, 5.41) is 11.4. The number of hydrogen-bond acceptors (Lipinski definition) is 4. The summed E-state index contributed by atoms with van der Waals surface area (Å²) in [4.78, 5) is 30.2. The van der Waals surface area contributed by atoms with Crippen molar-refractivity contribution in [3.05, 3.63) is 58.6 Å². The van der Waals surface area contributed by atoms with Crippen molar-refractivity contribution in [1.29, 1.82) is 0 Å². The summed E-state index contributed by atoms with van der Waals surface area (Å²) >= 11 is 5.89. The molecule has 1 N–H and O–H groups in total. The standard InChI is InChI=1S/C23H24ClNO3/c1-6-13-7-8-14(15-9-10-17(24)25-12-15)11-16(13)18-19(26)22(2,3)21(28)23(4,5)20(18)27/h7-12,26H,6H2,1-5H3. The predicted molar refractivity (Wildman–Crippen MR) is 111 cm³/mol. The number of allylic oxidation sites excluding steroid dienone is 2. The molecule has 2 aromatic rings. The molecule has 0 radical (unpaired) electrons. The van der Waals surface area contributed by atoms with Gasteiger partial charge in [0, 0.05) is 11.8 Å². The number of carbonyl (C=O) groups is 2. The highest BCUT2D eigenvalue weighted by Gasteiger charge is 2.53. The molecule has 28 heavy (non-hydrogen) atoms. The van der Waals surface area contributed by atoms with Crippen LogP contribution in [0.15, 0.2) is 42.3 Å². The molecule has 0 atom stereocenters. The number of ketones is 2. The minimum Gasteiger partial charge on any atom is -0.510 e. The smallest absolute Gasteiger partial charge is 0.179 e. The summed E-state index contributed by atoms with van der Waals surface area (Å²) < 4.78 is 0. The quantitative estimate of drug-likeness (QED) is 0.553. The molecule has 5 heteroatoms. The SMILES string of the molecule is CCc1ccc(-c2ccc(Cl)nc2)cc1C1=C(O)C(C)(C)C(=O)C(C)(C)C1=O. The van der Waals surface area contributed by atoms with Gasteiger partial charge >= 0.3 is 0 Å². The maximum atomic E-state index is 13.2. The Morgan fingerprint density at radius 3 is 2.21 bits per heavy atom. The van der Waals surface area contributed by atoms with Crippen LogP contribution in [0.3, 0.4) is 0 Å². The average molecular weight is 398 g/mol. The van der Waals surface area contributed by atoms with Crippen LogP contribution >= 0.6 is 11.6 Å². The zero-order valence-electron chi connectivity index (χ0n) is 16.8. The van der Waals surface area contributed by atoms with Crippen LogP contribution in [0.1, 0.15) is 45.7 Å². The van der Waals surface area contributed by atoms with Gasteiger partial charge < -0.3 is 5.11 Å². The third kappa shape index (κ3) is 3.06. The molecule has 0 bridgehead atoms. The molecule has 0 saturated carbocycles. The first kappa shape index (κ1) is 20.3. The van der Waals surface area contributed by atoms with Gasteiger partial charge in [-0.25, -0.2) is 4.98 Å². The van der Waals surface area contributed by atoms with Crippen LogP contribution < -0.4 is 0 Å². The van der Waals surface area contributed by atoms with E-state index in [0.717, 1.165) is 16.7 Å². The van der Waals surface area contributed by atoms with Crippen LogP contribution in [0.4, 0.5) is 0 Å². The number of pyridine rings is 1. The third-order valence-corrected chi connectivity index (χ3v) is 5.80. The Balaban J connectivity index is 2.28. The maximum absolute atomic E-state index is 13.2. The topological polar surface area (TPSA) is 67.3 Å². The zero-order valence-corrected chi connectivity index (χ0v) is 17.5. The van der Waals surface area contributed by atoms with Gasteiger partial charge in [-0.15, -0.1) is 0 Å². The second-order valence-electron chi connectivity index (χ2n) is 8.23. The Morgan fingerprint density at radius 2 is 1.64 bits per heavy atom. The van der Waals surface area contributed by atoms with Crippen LogP contribution in [-0.4, -0.2) is 21.7 Å². The van der Waals surface area contributed by atoms with Crippen LogP contribution in [-0.2, 0) is 16.0 Å². The van der Waals surface area contributed by atoms with E-state index >= 15 is 0 Å². The summed E-state index contributed by atoms with van der Waals surface area (Å²) in [6.45, 7) is 8.58. The van der Waals surface area contributed by atoms with E-state index in [2.05, 4.69) is 4.98 Å². The number of halogens is 1. The highest BCUT2D eigenvalue weighted by atomic mass is 35.5. The monoisotopic (exact) mass is 397 g/mol. The largest absolute Gasteiger partial charge is 0.510 e. The molecule has 1 aromatic heterocycles. The molecule has 0 fully saturated rings. The first-order valence-electron chi connectivity index (χ1n) is 9.30. The molecule has 0 aliphatic heterocycles. The molecule has 3 rings (SSSR count). The Hall–Kier alpha value is -2.46. The van der Waals surface area contributed by atoms with Gasteiger partial charge in [0.15, 0.2) is 11.6 Å². The lowest BCUT2D eigenvalue weighted by Gasteiger charge is -2.38. The van der Waals surface area contributed by atoms with Gasteiger partial charge in [-0.05, 0) is 69.0 Å². The molecule has 1 aliphatic rings. The van der Waals surface area contributed by atoms with Gasteiger partial charge in [-0.1, -0.05) is 30.7 Å². The average Bonchev–Trinajstić information content (AvgIpc) is 2.66. The number of aliphatic hydroxyl groups is 1. The van der Waals surface area contributed by atoms with Gasteiger partial charge in [0.05, 0.1) is 16.4 Å². The lowest BCUT2D eigenvalue weighted by Crippen LogP contribution is -2.48. The number of aromatic nitrogens is 1. The number of aryl methyl sites for hydroxylation is 1. The zero-order chi connectivity index (χ0) is 20.9. The number of Topliss-reactive ketones (excluding diaryl/α,β-unsaturated/α-hetero) is 2. The normalized spacial score (nSPS) is 18.5. The fourth-order valence-electron chi connectivity index (χ4n) is 3.82. The Kier molecular flexibility index (Phi) is 4.96. The molecule has 0 saturated heterocycles. The second-order valence-corrected chi connectivity index (χ2v) is 8.61. The minimum absolute atomic E-state index is 0.164. The van der Waals surface area contributed by atoms with Crippen molar-refractivity contribution in [2.75, 3.05) is 0 Å². The van der Waals surface area contributed by atoms with Gasteiger partial charge in [-0.2, -0.15) is 0 Å². The van der Waals surface area contributed by atoms with Crippen molar-refractivity contribution >= 4 is 28.7 Å². The van der Waals surface area contributed by atoms with Crippen molar-refractivity contribution in [1.82, 2.24) is 4.98 Å². The van der Waals surface area contributed by atoms with Crippen LogP contribution in [0, 0.1) is 10.8 Å². The van der Waals surface area contributed by atoms with E-state index in [1.165, 1.54) is 0 Å². The molecule has 146 valence electrons. The second kappa shape index (κ2) is 6.85. The Labute approximate surface area is 170 Å². The van der Waals surface area contributed by atoms with Gasteiger partial charge in [0.2, 0.25) is 0 Å². The molecule has 0 amide bonds. The van der Waals surface area contributed by atoms with Crippen LogP contribution in [0.2, 0.25) is 5.15 Å². The van der Waals surface area contributed by atoms with Crippen molar-refractivity contribution in [2.45, 2.75) is 41.0 Å². The van der Waals surface area contributed by atoms with E-state index in [9.17, 15) is 14.7 Å². The molecular formula is C23H24ClNO3. The minimum atomic E-state index is -1.20. The van der Waals surface area contributed by atoms with Gasteiger partial charge in [0.1, 0.15) is 10.9 Å². The van der Waals surface area contributed by atoms with Crippen molar-refractivity contribution in [3.63, 3.8) is 0 Å². The van der Waals surface area contributed by atoms with E-state index in [0.29, 0.717) is 17.1 Å². The molecule has 1 aromatic carbocycles. The molecule has 0 spiro atoms. The molecule has 1 heterocycles. The van der Waals surface area contributed by atoms with E-state index < -0.39 is 10.8 Å². The van der Waals surface area contributed by atoms with E-state index in [1.807, 2.05) is 31.2 Å². The summed E-state index contributed by atoms with van der Waals surface area (Å²) in [6, 6.07) is 9.35. The molecule has 4 nitrogen and oxygen atoms in total. The lowest BCUT2D eigenvalue weighted by molar-refractivity contribution is -0.143. The van der Waals surface area contributed by atoms with Crippen molar-refractivity contribution in [2.24, 2.45) is 10.8 Å². The maximum Gasteiger partial charge on any atom is 0.179 e. The van der Waals surface area contributed by atoms with E-state index in [-0.39, 0.29) is 22.9 Å². The lowest BCUT2D eigenvalue weighted by atomic mass is 9.62. The fraction of sp³-hybridized carbons (Fsp3) is 0.348. The number of carbonyl (C=O) groups excluding carboxylic acids is 2. The Morgan fingerprint density at radius 1 is 1.00 bits per heavy atom. The van der Waals surface area contributed by atoms with Gasteiger partial charge in [0.25, 0.3) is 0 Å². The molecular weight excluding hydrogens is 374 g/mol. The summed E-state index contributed by atoms with van der Waals surface area (Å²) in [5.41, 5.74) is 1.20. The summed E-state index contributed by atoms with van der Waals surface area (Å²) in [5.74, 6) is -0.791. The number of benzene rings is 1. The van der Waals surface area contributed by atoms with E-state index in [4.69, 9.17) is 11.6 Å². The Bertz CT molecular complexity index is 1000. The van der Waals surface area contributed by atoms with Crippen molar-refractivity contribution in [3.8, 4) is 11.1 Å². The number of nitrogens with zero attached hydrogens (tertiary/aromatic N) is 1. The number of rotatable bonds is 3. The predicted octanol–water partition coefficient (Wildman–Crippen LogP) is 5.44. The fourth-order valence-corrected chi connectivity index (χ4v) is 3.93. The first-order chi connectivity index (χ1) is 13.0. The third-order valence-electron chi connectivity index (χ3n) is 5.58. The van der Waals surface area contributed by atoms with Crippen LogP contribution in [0.5, 0.6) is 0 Å². The van der Waals surface area contributed by atoms with Crippen molar-refractivity contribution < 1.29 is 14.7 Å². The molecule has 0 unspecified atom stereocenters. The highest BCUT2D eigenvalue weighted by molar-refractivity contribution is 6.34. The highest BCUT2D eigenvalue weighted by Crippen LogP contribution is 2.47. The summed E-state index contributed by atoms with van der Waals surface area (Å²) in [7, 11) is 0. The number of hydrogen-bond donors (Lipinski definition) is 1. The van der Waals surface area contributed by atoms with Crippen LogP contribution in [0.25, 0.3) is 16.7 Å². The number of aliphatic hydroxyl groups excluding tert-OH is 1. The molecule has 1 aliphatic carbocycles. The summed E-state index contributed by atoms with van der Waals surface area (Å²) in [6.07, 6.45) is 2.36. The van der Waals surface area contributed by atoms with E-state index in [1.54, 1.807) is 40.0 Å². The van der Waals surface area contributed by atoms with Gasteiger partial charge in [-0.3, -0.25) is 9.59 Å².